The van der Waals surface area contributed by atoms with Gasteiger partial charge in [-0.05, 0) is 11.8 Å². The number of halogens is 1. The predicted molar refractivity (Wildman–Crippen MR) is 144 cm³/mol. The lowest BCUT2D eigenvalue weighted by atomic mass is 9.92. The molecule has 0 spiro atoms. The van der Waals surface area contributed by atoms with Crippen LogP contribution >= 0.6 is 14.5 Å². The fraction of sp³-hybridized carbons (Fsp3) is 0.650. The second kappa shape index (κ2) is 12.9. The van der Waals surface area contributed by atoms with Crippen molar-refractivity contribution in [1.29, 1.82) is 0 Å². The summed E-state index contributed by atoms with van der Waals surface area (Å²) in [4.78, 5) is 32.5. The number of phosphoric acid groups is 1. The Hall–Kier alpha value is -1.66. The number of aliphatic hydroxyl groups excluding tert-OH is 6. The summed E-state index contributed by atoms with van der Waals surface area (Å²) in [5.41, 5.74) is 3.91. The van der Waals surface area contributed by atoms with Crippen molar-refractivity contribution in [1.82, 2.24) is 19.5 Å². The molecule has 0 aliphatic carbocycles. The van der Waals surface area contributed by atoms with E-state index in [4.69, 9.17) is 29.6 Å². The van der Waals surface area contributed by atoms with Gasteiger partial charge in [0.25, 0.3) is 5.85 Å². The molecule has 0 saturated carbocycles. The Kier molecular flexibility index (Phi) is 10.3. The van der Waals surface area contributed by atoms with Crippen LogP contribution in [0.3, 0.4) is 0 Å². The van der Waals surface area contributed by atoms with Crippen LogP contribution in [0.5, 0.6) is 0 Å². The summed E-state index contributed by atoms with van der Waals surface area (Å²) in [5.74, 6) is -3.29. The van der Waals surface area contributed by atoms with Crippen LogP contribution in [0, 0.1) is 0 Å². The number of hydrogen-bond acceptors (Lipinski definition) is 18. The molecule has 10 N–H and O–H groups in total. The van der Waals surface area contributed by atoms with E-state index in [-0.39, 0.29) is 17.0 Å². The number of nitrogen functional groups attached to an aromatic ring is 1. The minimum Gasteiger partial charge on any atom is -0.394 e. The van der Waals surface area contributed by atoms with Crippen LogP contribution in [0.2, 0.25) is 0 Å². The number of imidazole rings is 1. The van der Waals surface area contributed by atoms with Crippen molar-refractivity contribution >= 4 is 43.3 Å². The van der Waals surface area contributed by atoms with E-state index in [2.05, 4.69) is 42.2 Å². The molecule has 44 heavy (non-hydrogen) atoms. The minimum absolute atomic E-state index is 0.0190. The van der Waals surface area contributed by atoms with Crippen molar-refractivity contribution < 1.29 is 77.0 Å². The van der Waals surface area contributed by atoms with Gasteiger partial charge in [-0.15, -0.1) is 0 Å². The molecule has 2 saturated heterocycles. The molecular weight excluding hydrogens is 663 g/mol. The molecule has 4 rings (SSSR count). The van der Waals surface area contributed by atoms with Gasteiger partial charge in [-0.3, -0.25) is 9.09 Å². The molecule has 2 aliphatic heterocycles. The molecule has 7 unspecified atom stereocenters. The van der Waals surface area contributed by atoms with Gasteiger partial charge >= 0.3 is 14.5 Å². The number of methoxy groups -OCH3 is 1. The summed E-state index contributed by atoms with van der Waals surface area (Å²) in [5, 5.41) is 59.9. The van der Waals surface area contributed by atoms with Gasteiger partial charge in [0.05, 0.1) is 12.9 Å². The second-order valence-electron chi connectivity index (χ2n) is 9.59. The van der Waals surface area contributed by atoms with Crippen LogP contribution in [-0.2, 0) is 43.9 Å². The zero-order valence-corrected chi connectivity index (χ0v) is 25.1. The molecule has 2 aromatic rings. The van der Waals surface area contributed by atoms with Crippen molar-refractivity contribution in [3.05, 3.63) is 25.3 Å². The van der Waals surface area contributed by atoms with Gasteiger partial charge in [0, 0.05) is 7.11 Å². The number of hydrogen-bond donors (Lipinski definition) is 9. The SMILES string of the molecule is C=C[C@]1(OC)[C@H](n2cnc3c(N)ncnc32)O[C@](F)(COP(O)(=S)OP(=O)(O)OC2OC([C@@H](O)CO)C(O)C(O)C2O)[C@H]1O. The van der Waals surface area contributed by atoms with E-state index in [1.807, 2.05) is 0 Å². The molecule has 4 heterocycles. The first-order valence-electron chi connectivity index (χ1n) is 12.3. The summed E-state index contributed by atoms with van der Waals surface area (Å²) in [6, 6.07) is 0. The Morgan fingerprint density at radius 3 is 2.55 bits per heavy atom. The molecule has 0 bridgehead atoms. The molecule has 0 aromatic carbocycles. The van der Waals surface area contributed by atoms with Crippen LogP contribution in [0.25, 0.3) is 11.2 Å². The van der Waals surface area contributed by atoms with Crippen LogP contribution in [0.15, 0.2) is 25.3 Å². The maximum Gasteiger partial charge on any atom is 0.481 e. The summed E-state index contributed by atoms with van der Waals surface area (Å²) < 4.78 is 59.7. The monoisotopic (exact) mass is 693 g/mol. The predicted octanol–water partition coefficient (Wildman–Crippen LogP) is -2.94. The number of nitrogens with zero attached hydrogens (tertiary/aromatic N) is 4. The Balaban J connectivity index is 1.50. The highest BCUT2D eigenvalue weighted by atomic mass is 32.5. The maximum atomic E-state index is 16.2. The zero-order chi connectivity index (χ0) is 32.8. The normalized spacial score (nSPS) is 37.8. The van der Waals surface area contributed by atoms with E-state index in [1.165, 1.54) is 0 Å². The number of nitrogens with two attached hydrogens (primary N) is 1. The van der Waals surface area contributed by atoms with Crippen molar-refractivity contribution in [2.75, 3.05) is 26.1 Å². The molecule has 0 radical (unpaired) electrons. The average molecular weight is 693 g/mol. The number of anilines is 1. The van der Waals surface area contributed by atoms with Crippen LogP contribution in [0.1, 0.15) is 6.23 Å². The topological polar surface area (TPSA) is 304 Å². The van der Waals surface area contributed by atoms with Crippen molar-refractivity contribution in [2.24, 2.45) is 0 Å². The van der Waals surface area contributed by atoms with E-state index in [0.29, 0.717) is 0 Å². The van der Waals surface area contributed by atoms with E-state index in [9.17, 15) is 39.9 Å². The number of aliphatic hydroxyl groups is 6. The standard InChI is InChI=1S/C20H30FN5O15P2S/c1-3-19(36-2)17(32)20(21,39-18(19)26-7-25-9-14(22)23-6-24-15(9)26)5-37-43(35,44)41-42(33,34)40-16-12(31)10(29)11(30)13(38-16)8(28)4-27/h3,6-8,10-13,16-18,27-32H,1,4-5H2,2H3,(H,33,34)(H,35,44)(H2,22,23,24)/t8-,10?,11?,12?,13?,16?,17-,18+,19+,20+,43?/m0/s1. The van der Waals surface area contributed by atoms with Gasteiger partial charge in [-0.2, -0.15) is 0 Å². The number of ether oxygens (including phenoxy) is 3. The van der Waals surface area contributed by atoms with Gasteiger partial charge in [0.15, 0.2) is 35.7 Å². The Morgan fingerprint density at radius 1 is 1.25 bits per heavy atom. The lowest BCUT2D eigenvalue weighted by Crippen LogP contribution is -2.61. The van der Waals surface area contributed by atoms with Gasteiger partial charge in [0.1, 0.15) is 49.0 Å². The quantitative estimate of drug-likeness (QED) is 0.0793. The van der Waals surface area contributed by atoms with Crippen LogP contribution in [0.4, 0.5) is 10.2 Å². The van der Waals surface area contributed by atoms with Crippen LogP contribution < -0.4 is 5.73 Å². The maximum absolute atomic E-state index is 16.2. The summed E-state index contributed by atoms with van der Waals surface area (Å²) in [6.45, 7) is -3.81. The third kappa shape index (κ3) is 6.46. The molecule has 2 aliphatic rings. The number of rotatable bonds is 12. The highest BCUT2D eigenvalue weighted by Crippen LogP contribution is 2.62. The van der Waals surface area contributed by atoms with Crippen molar-refractivity contribution in [3.63, 3.8) is 0 Å². The second-order valence-corrected chi connectivity index (χ2v) is 14.0. The molecular formula is C20H30FN5O15P2S. The van der Waals surface area contributed by atoms with Gasteiger partial charge in [0.2, 0.25) is 0 Å². The number of fused-ring (bicyclic) bond motifs is 1. The minimum atomic E-state index is -5.61. The molecule has 24 heteroatoms. The van der Waals surface area contributed by atoms with Gasteiger partial charge < -0.3 is 64.9 Å². The van der Waals surface area contributed by atoms with Gasteiger partial charge in [-0.1, -0.05) is 12.7 Å². The first-order chi connectivity index (χ1) is 20.5. The van der Waals surface area contributed by atoms with E-state index < -0.39 is 88.4 Å². The summed E-state index contributed by atoms with van der Waals surface area (Å²) in [6.07, 6.45) is -12.7. The number of aromatic nitrogens is 4. The molecule has 20 nitrogen and oxygen atoms in total. The average Bonchev–Trinajstić information content (AvgIpc) is 3.49. The first-order valence-corrected chi connectivity index (χ1v) is 16.4. The lowest BCUT2D eigenvalue weighted by molar-refractivity contribution is -0.292. The molecule has 0 amide bonds. The third-order valence-electron chi connectivity index (χ3n) is 6.88. The fourth-order valence-electron chi connectivity index (χ4n) is 4.61. The first kappa shape index (κ1) is 35.2. The molecule has 2 fully saturated rings. The van der Waals surface area contributed by atoms with Crippen molar-refractivity contribution in [3.8, 4) is 0 Å². The Labute approximate surface area is 251 Å². The largest absolute Gasteiger partial charge is 0.481 e. The number of alkyl halides is 1. The number of phosphoric ester groups is 1. The van der Waals surface area contributed by atoms with E-state index in [0.717, 1.165) is 30.4 Å². The molecule has 12 atom stereocenters. The smallest absolute Gasteiger partial charge is 0.394 e. The highest BCUT2D eigenvalue weighted by Gasteiger charge is 2.66. The van der Waals surface area contributed by atoms with E-state index >= 15 is 4.39 Å². The van der Waals surface area contributed by atoms with Gasteiger partial charge in [-0.25, -0.2) is 28.2 Å². The highest BCUT2D eigenvalue weighted by molar-refractivity contribution is 8.08. The summed E-state index contributed by atoms with van der Waals surface area (Å²) >= 11 is 4.68. The molecule has 248 valence electrons. The summed E-state index contributed by atoms with van der Waals surface area (Å²) in [7, 11) is -4.50. The zero-order valence-electron chi connectivity index (χ0n) is 22.5. The van der Waals surface area contributed by atoms with E-state index in [1.54, 1.807) is 0 Å². The van der Waals surface area contributed by atoms with Crippen molar-refractivity contribution in [2.45, 2.75) is 60.6 Å². The lowest BCUT2D eigenvalue weighted by Gasteiger charge is -2.41. The van der Waals surface area contributed by atoms with Crippen LogP contribution in [-0.4, -0.2) is 135 Å². The fourth-order valence-corrected chi connectivity index (χ4v) is 7.69. The molecule has 2 aromatic heterocycles. The Morgan fingerprint density at radius 2 is 1.93 bits per heavy atom. The third-order valence-corrected chi connectivity index (χ3v) is 10.4. The Bertz CT molecular complexity index is 1460.